The topological polar surface area (TPSA) is 9.23 Å². The van der Waals surface area contributed by atoms with E-state index in [1.54, 1.807) is 7.11 Å². The molecular formula is C15H33FO. The average molecular weight is 248 g/mol. The van der Waals surface area contributed by atoms with Crippen LogP contribution in [-0.4, -0.2) is 19.4 Å². The molecule has 0 saturated heterocycles. The van der Waals surface area contributed by atoms with Crippen molar-refractivity contribution in [2.24, 2.45) is 23.7 Å². The minimum absolute atomic E-state index is 0.176. The van der Waals surface area contributed by atoms with E-state index >= 15 is 0 Å². The van der Waals surface area contributed by atoms with E-state index in [0.29, 0.717) is 17.9 Å². The molecular weight excluding hydrogens is 215 g/mol. The normalized spacial score (nSPS) is 12.0. The molecule has 17 heavy (non-hydrogen) atoms. The summed E-state index contributed by atoms with van der Waals surface area (Å²) >= 11 is 0. The Kier molecular flexibility index (Phi) is 11.2. The predicted molar refractivity (Wildman–Crippen MR) is 75.0 cm³/mol. The van der Waals surface area contributed by atoms with Crippen molar-refractivity contribution in [2.45, 2.75) is 67.7 Å². The van der Waals surface area contributed by atoms with E-state index in [9.17, 15) is 4.39 Å². The number of hydrogen-bond acceptors (Lipinski definition) is 1. The summed E-state index contributed by atoms with van der Waals surface area (Å²) in [6, 6.07) is 0. The Morgan fingerprint density at radius 1 is 0.647 bits per heavy atom. The second-order valence-electron chi connectivity index (χ2n) is 6.12. The smallest absolute Gasteiger partial charge is 0.105 e. The van der Waals surface area contributed by atoms with Gasteiger partial charge in [0.2, 0.25) is 0 Å². The van der Waals surface area contributed by atoms with Gasteiger partial charge in [-0.1, -0.05) is 55.4 Å². The van der Waals surface area contributed by atoms with Gasteiger partial charge in [-0.15, -0.1) is 0 Å². The Morgan fingerprint density at radius 2 is 0.941 bits per heavy atom. The zero-order chi connectivity index (χ0) is 14.2. The average Bonchev–Trinajstić information content (AvgIpc) is 2.16. The van der Waals surface area contributed by atoms with E-state index in [2.05, 4.69) is 27.7 Å². The molecule has 0 aliphatic carbocycles. The summed E-state index contributed by atoms with van der Waals surface area (Å²) in [6.45, 7) is 16.4. The van der Waals surface area contributed by atoms with Gasteiger partial charge >= 0.3 is 0 Å². The minimum atomic E-state index is -0.630. The Morgan fingerprint density at radius 3 is 0.941 bits per heavy atom. The highest BCUT2D eigenvalue weighted by atomic mass is 19.1. The van der Waals surface area contributed by atoms with Gasteiger partial charge in [0.25, 0.3) is 0 Å². The molecule has 0 aromatic heterocycles. The minimum Gasteiger partial charge on any atom is -0.381 e. The quantitative estimate of drug-likeness (QED) is 0.669. The van der Waals surface area contributed by atoms with Crippen molar-refractivity contribution >= 4 is 0 Å². The number of halogens is 1. The molecule has 0 N–H and O–H groups in total. The highest BCUT2D eigenvalue weighted by Crippen LogP contribution is 2.15. The van der Waals surface area contributed by atoms with E-state index < -0.39 is 6.17 Å². The van der Waals surface area contributed by atoms with Crippen molar-refractivity contribution in [1.82, 2.24) is 0 Å². The lowest BCUT2D eigenvalue weighted by atomic mass is 9.96. The summed E-state index contributed by atoms with van der Waals surface area (Å²) in [4.78, 5) is 0. The van der Waals surface area contributed by atoms with Crippen LogP contribution in [-0.2, 0) is 4.74 Å². The molecule has 0 rings (SSSR count). The number of rotatable bonds is 5. The zero-order valence-corrected chi connectivity index (χ0v) is 13.3. The van der Waals surface area contributed by atoms with Crippen LogP contribution in [0.2, 0.25) is 0 Å². The monoisotopic (exact) mass is 248 g/mol. The number of hydrogen-bond donors (Lipinski definition) is 0. The van der Waals surface area contributed by atoms with Crippen molar-refractivity contribution in [3.05, 3.63) is 0 Å². The number of methoxy groups -OCH3 is 1. The Labute approximate surface area is 108 Å². The molecule has 0 aromatic carbocycles. The summed E-state index contributed by atoms with van der Waals surface area (Å²) in [5.74, 6) is 1.62. The van der Waals surface area contributed by atoms with Crippen LogP contribution in [0.1, 0.15) is 55.4 Å². The fourth-order valence-corrected chi connectivity index (χ4v) is 2.08. The maximum atomic E-state index is 12.6. The first-order valence-electron chi connectivity index (χ1n) is 6.81. The van der Waals surface area contributed by atoms with Crippen molar-refractivity contribution < 1.29 is 9.13 Å². The Bertz CT molecular complexity index is 148. The van der Waals surface area contributed by atoms with E-state index in [1.165, 1.54) is 0 Å². The van der Waals surface area contributed by atoms with Crippen LogP contribution in [0.5, 0.6) is 0 Å². The molecule has 0 amide bonds. The molecule has 0 radical (unpaired) electrons. The number of ether oxygens (including phenoxy) is 1. The molecule has 0 fully saturated rings. The van der Waals surface area contributed by atoms with Gasteiger partial charge in [0.1, 0.15) is 6.17 Å². The van der Waals surface area contributed by atoms with Gasteiger partial charge in [0.05, 0.1) is 6.10 Å². The lowest BCUT2D eigenvalue weighted by Gasteiger charge is -2.22. The molecule has 0 unspecified atom stereocenters. The van der Waals surface area contributed by atoms with Gasteiger partial charge in [0.15, 0.2) is 0 Å². The molecule has 106 valence electrons. The third-order valence-electron chi connectivity index (χ3n) is 2.86. The third-order valence-corrected chi connectivity index (χ3v) is 2.86. The van der Waals surface area contributed by atoms with Gasteiger partial charge in [-0.05, 0) is 23.7 Å². The van der Waals surface area contributed by atoms with Crippen molar-refractivity contribution in [1.29, 1.82) is 0 Å². The SMILES string of the molecule is CC(C)C(F)C(C)C.COC(C(C)C)C(C)C. The molecule has 0 heterocycles. The molecule has 0 aromatic rings. The van der Waals surface area contributed by atoms with Gasteiger partial charge < -0.3 is 4.74 Å². The maximum Gasteiger partial charge on any atom is 0.105 e. The summed E-state index contributed by atoms with van der Waals surface area (Å²) < 4.78 is 17.9. The first kappa shape index (κ1) is 19.2. The first-order chi connectivity index (χ1) is 7.64. The summed E-state index contributed by atoms with van der Waals surface area (Å²) in [5, 5.41) is 0. The van der Waals surface area contributed by atoms with Gasteiger partial charge in [-0.25, -0.2) is 4.39 Å². The van der Waals surface area contributed by atoms with Crippen LogP contribution in [0.25, 0.3) is 0 Å². The Hall–Kier alpha value is -0.110. The maximum absolute atomic E-state index is 12.6. The van der Waals surface area contributed by atoms with Crippen molar-refractivity contribution in [3.8, 4) is 0 Å². The van der Waals surface area contributed by atoms with Crippen LogP contribution in [0, 0.1) is 23.7 Å². The first-order valence-corrected chi connectivity index (χ1v) is 6.81. The predicted octanol–water partition coefficient (Wildman–Crippen LogP) is 4.95. The van der Waals surface area contributed by atoms with E-state index in [-0.39, 0.29) is 11.8 Å². The van der Waals surface area contributed by atoms with Gasteiger partial charge in [0, 0.05) is 7.11 Å². The van der Waals surface area contributed by atoms with Crippen LogP contribution in [0.4, 0.5) is 4.39 Å². The van der Waals surface area contributed by atoms with E-state index in [1.807, 2.05) is 27.7 Å². The fourth-order valence-electron chi connectivity index (χ4n) is 2.08. The largest absolute Gasteiger partial charge is 0.381 e. The second-order valence-corrected chi connectivity index (χ2v) is 6.12. The molecule has 0 aliphatic heterocycles. The molecule has 2 heteroatoms. The van der Waals surface area contributed by atoms with Gasteiger partial charge in [-0.3, -0.25) is 0 Å². The lowest BCUT2D eigenvalue weighted by molar-refractivity contribution is 0.0292. The van der Waals surface area contributed by atoms with Crippen molar-refractivity contribution in [2.75, 3.05) is 7.11 Å². The highest BCUT2D eigenvalue weighted by molar-refractivity contribution is 4.64. The van der Waals surface area contributed by atoms with Crippen molar-refractivity contribution in [3.63, 3.8) is 0 Å². The molecule has 1 nitrogen and oxygen atoms in total. The van der Waals surface area contributed by atoms with Gasteiger partial charge in [-0.2, -0.15) is 0 Å². The molecule has 0 spiro atoms. The van der Waals surface area contributed by atoms with E-state index in [4.69, 9.17) is 4.74 Å². The molecule has 0 atom stereocenters. The van der Waals surface area contributed by atoms with Crippen LogP contribution < -0.4 is 0 Å². The molecule has 0 saturated carbocycles. The summed E-state index contributed by atoms with van der Waals surface area (Å²) in [6.07, 6.45) is -0.208. The zero-order valence-electron chi connectivity index (χ0n) is 13.3. The highest BCUT2D eigenvalue weighted by Gasteiger charge is 2.15. The van der Waals surface area contributed by atoms with Crippen LogP contribution in [0.3, 0.4) is 0 Å². The van der Waals surface area contributed by atoms with E-state index in [0.717, 1.165) is 0 Å². The summed E-state index contributed by atoms with van der Waals surface area (Å²) in [5.41, 5.74) is 0. The molecule has 0 bridgehead atoms. The number of alkyl halides is 1. The lowest BCUT2D eigenvalue weighted by Crippen LogP contribution is -2.23. The van der Waals surface area contributed by atoms with Crippen LogP contribution in [0.15, 0.2) is 0 Å². The third kappa shape index (κ3) is 9.58. The fraction of sp³-hybridized carbons (Fsp3) is 1.00. The second kappa shape index (κ2) is 9.87. The van der Waals surface area contributed by atoms with Crippen LogP contribution >= 0.6 is 0 Å². The summed E-state index contributed by atoms with van der Waals surface area (Å²) in [7, 11) is 1.78. The Balaban J connectivity index is 0. The molecule has 0 aliphatic rings. The standard InChI is InChI=1S/C8H18O.C7H15F/c1-6(2)8(9-5)7(3)4;1-5(2)7(8)6(3)4/h6-8H,1-5H3;5-7H,1-4H3.